The molecule has 0 N–H and O–H groups in total. The summed E-state index contributed by atoms with van der Waals surface area (Å²) in [5.74, 6) is 1.42. The molecule has 150 valence electrons. The number of likely N-dealkylation sites (tertiary alicyclic amines) is 1. The fourth-order valence-corrected chi connectivity index (χ4v) is 5.69. The summed E-state index contributed by atoms with van der Waals surface area (Å²) in [4.78, 5) is 8.79. The maximum Gasteiger partial charge on any atom is 0.215 e. The fourth-order valence-electron chi connectivity index (χ4n) is 4.98. The Labute approximate surface area is 164 Å². The number of fused-ring (bicyclic) bond motifs is 1. The van der Waals surface area contributed by atoms with Gasteiger partial charge in [0.1, 0.15) is 5.75 Å². The van der Waals surface area contributed by atoms with E-state index in [1.54, 1.807) is 7.11 Å². The molecule has 0 bridgehead atoms. The Balaban J connectivity index is 1.64. The van der Waals surface area contributed by atoms with Gasteiger partial charge in [0, 0.05) is 18.5 Å². The van der Waals surface area contributed by atoms with Crippen molar-refractivity contribution in [2.24, 2.45) is 5.92 Å². The van der Waals surface area contributed by atoms with E-state index in [1.807, 2.05) is 5.23 Å². The molecule has 1 saturated carbocycles. The lowest BCUT2D eigenvalue weighted by Crippen LogP contribution is -2.45. The molecule has 3 aliphatic rings. The number of benzene rings is 1. The van der Waals surface area contributed by atoms with Crippen molar-refractivity contribution in [3.63, 3.8) is 0 Å². The van der Waals surface area contributed by atoms with Crippen molar-refractivity contribution in [2.45, 2.75) is 69.9 Å². The van der Waals surface area contributed by atoms with Gasteiger partial charge in [-0.05, 0) is 50.2 Å². The Morgan fingerprint density at radius 3 is 2.37 bits per heavy atom. The van der Waals surface area contributed by atoms with Gasteiger partial charge in [-0.1, -0.05) is 36.6 Å². The SMILES string of the molecule is COc1ccc([C@H]2C3[C@H](CON3O[Si](C)(C)C)CN2C2CCCCC2)cc1. The Bertz CT molecular complexity index is 627. The molecule has 3 atom stereocenters. The highest BCUT2D eigenvalue weighted by molar-refractivity contribution is 6.69. The average Bonchev–Trinajstić information content (AvgIpc) is 3.21. The number of rotatable bonds is 5. The van der Waals surface area contributed by atoms with Crippen LogP contribution < -0.4 is 4.74 Å². The van der Waals surface area contributed by atoms with E-state index in [0.717, 1.165) is 18.9 Å². The average molecular weight is 391 g/mol. The minimum absolute atomic E-state index is 0.270. The van der Waals surface area contributed by atoms with E-state index in [-0.39, 0.29) is 6.04 Å². The maximum absolute atomic E-state index is 6.34. The van der Waals surface area contributed by atoms with Gasteiger partial charge in [-0.3, -0.25) is 9.74 Å². The summed E-state index contributed by atoms with van der Waals surface area (Å²) in [6.07, 6.45) is 6.75. The van der Waals surface area contributed by atoms with Crippen LogP contribution in [0.5, 0.6) is 5.75 Å². The first-order chi connectivity index (χ1) is 13.0. The van der Waals surface area contributed by atoms with Crippen LogP contribution in [0.4, 0.5) is 0 Å². The van der Waals surface area contributed by atoms with E-state index < -0.39 is 8.32 Å². The van der Waals surface area contributed by atoms with Gasteiger partial charge in [-0.15, -0.1) is 0 Å². The molecular formula is C21H34N2O3Si. The van der Waals surface area contributed by atoms with Gasteiger partial charge in [0.25, 0.3) is 0 Å². The van der Waals surface area contributed by atoms with Gasteiger partial charge < -0.3 is 9.26 Å². The molecule has 2 saturated heterocycles. The molecule has 0 amide bonds. The van der Waals surface area contributed by atoms with E-state index in [1.165, 1.54) is 37.7 Å². The van der Waals surface area contributed by atoms with Crippen LogP contribution >= 0.6 is 0 Å². The van der Waals surface area contributed by atoms with Crippen molar-refractivity contribution in [2.75, 3.05) is 20.3 Å². The van der Waals surface area contributed by atoms with Crippen LogP contribution in [0, 0.1) is 5.92 Å². The molecule has 5 nitrogen and oxygen atoms in total. The summed E-state index contributed by atoms with van der Waals surface area (Å²) in [5.41, 5.74) is 1.35. The third-order valence-corrected chi connectivity index (χ3v) is 6.86. The van der Waals surface area contributed by atoms with E-state index in [9.17, 15) is 0 Å². The van der Waals surface area contributed by atoms with Crippen molar-refractivity contribution in [3.05, 3.63) is 29.8 Å². The molecule has 0 radical (unpaired) electrons. The largest absolute Gasteiger partial charge is 0.497 e. The monoisotopic (exact) mass is 390 g/mol. The van der Waals surface area contributed by atoms with E-state index in [0.29, 0.717) is 18.0 Å². The van der Waals surface area contributed by atoms with Crippen LogP contribution in [0.1, 0.15) is 43.7 Å². The number of nitrogens with zero attached hydrogens (tertiary/aromatic N) is 2. The highest BCUT2D eigenvalue weighted by Gasteiger charge is 2.53. The molecular weight excluding hydrogens is 356 g/mol. The highest BCUT2D eigenvalue weighted by Crippen LogP contribution is 2.46. The summed E-state index contributed by atoms with van der Waals surface area (Å²) >= 11 is 0. The van der Waals surface area contributed by atoms with Crippen molar-refractivity contribution in [3.8, 4) is 5.75 Å². The van der Waals surface area contributed by atoms with Gasteiger partial charge in [-0.2, -0.15) is 0 Å². The normalized spacial score (nSPS) is 30.6. The Kier molecular flexibility index (Phi) is 5.63. The molecule has 1 aromatic carbocycles. The first kappa shape index (κ1) is 19.4. The van der Waals surface area contributed by atoms with Crippen LogP contribution in [0.25, 0.3) is 0 Å². The van der Waals surface area contributed by atoms with E-state index >= 15 is 0 Å². The molecule has 2 heterocycles. The van der Waals surface area contributed by atoms with Gasteiger partial charge in [0.2, 0.25) is 8.32 Å². The van der Waals surface area contributed by atoms with Crippen LogP contribution in [-0.4, -0.2) is 50.8 Å². The van der Waals surface area contributed by atoms with Crippen LogP contribution in [0.3, 0.4) is 0 Å². The second kappa shape index (κ2) is 7.83. The fraction of sp³-hybridized carbons (Fsp3) is 0.714. The van der Waals surface area contributed by atoms with Crippen LogP contribution in [0.2, 0.25) is 19.6 Å². The van der Waals surface area contributed by atoms with Gasteiger partial charge in [0.05, 0.1) is 25.8 Å². The van der Waals surface area contributed by atoms with E-state index in [4.69, 9.17) is 14.1 Å². The molecule has 4 rings (SSSR count). The second-order valence-corrected chi connectivity index (χ2v) is 13.6. The molecule has 3 fully saturated rings. The molecule has 1 unspecified atom stereocenters. The molecule has 1 aliphatic carbocycles. The molecule has 27 heavy (non-hydrogen) atoms. The van der Waals surface area contributed by atoms with Crippen molar-refractivity contribution in [1.29, 1.82) is 0 Å². The summed E-state index contributed by atoms with van der Waals surface area (Å²) < 4.78 is 11.7. The third-order valence-electron chi connectivity index (χ3n) is 6.13. The Morgan fingerprint density at radius 2 is 1.74 bits per heavy atom. The molecule has 0 spiro atoms. The molecule has 0 aromatic heterocycles. The summed E-state index contributed by atoms with van der Waals surface area (Å²) in [7, 11) is -0.00105. The Hall–Kier alpha value is -0.923. The molecule has 2 aliphatic heterocycles. The minimum atomic E-state index is -1.73. The number of hydrogen-bond acceptors (Lipinski definition) is 5. The molecule has 6 heteroatoms. The standard InChI is InChI=1S/C21H34N2O3Si/c1-24-19-12-10-16(11-13-19)20-21-17(15-25-23(21)26-27(2,3)4)14-22(20)18-8-6-5-7-9-18/h10-13,17-18,20-21H,5-9,14-15H2,1-4H3/t17-,20-,21?/m0/s1. The topological polar surface area (TPSA) is 34.2 Å². The summed E-state index contributed by atoms with van der Waals surface area (Å²) in [5, 5.41) is 1.88. The number of hydroxylamine groups is 2. The van der Waals surface area contributed by atoms with Crippen molar-refractivity contribution >= 4 is 8.32 Å². The summed E-state index contributed by atoms with van der Waals surface area (Å²) in [6.45, 7) is 8.54. The third kappa shape index (κ3) is 4.10. The second-order valence-electron chi connectivity index (χ2n) is 9.24. The first-order valence-corrected chi connectivity index (χ1v) is 13.9. The van der Waals surface area contributed by atoms with Gasteiger partial charge in [0.15, 0.2) is 0 Å². The zero-order valence-corrected chi connectivity index (χ0v) is 18.2. The lowest BCUT2D eigenvalue weighted by molar-refractivity contribution is -0.317. The quantitative estimate of drug-likeness (QED) is 0.697. The number of methoxy groups -OCH3 is 1. The number of ether oxygens (including phenoxy) is 1. The van der Waals surface area contributed by atoms with Crippen molar-refractivity contribution in [1.82, 2.24) is 10.1 Å². The lowest BCUT2D eigenvalue weighted by atomic mass is 9.91. The predicted molar refractivity (Wildman–Crippen MR) is 109 cm³/mol. The van der Waals surface area contributed by atoms with Gasteiger partial charge >= 0.3 is 0 Å². The van der Waals surface area contributed by atoms with E-state index in [2.05, 4.69) is 48.8 Å². The van der Waals surface area contributed by atoms with Crippen LogP contribution in [0.15, 0.2) is 24.3 Å². The highest BCUT2D eigenvalue weighted by atomic mass is 28.4. The van der Waals surface area contributed by atoms with Crippen LogP contribution in [-0.2, 0) is 9.36 Å². The zero-order chi connectivity index (χ0) is 19.0. The Morgan fingerprint density at radius 1 is 1.04 bits per heavy atom. The zero-order valence-electron chi connectivity index (χ0n) is 17.2. The van der Waals surface area contributed by atoms with Gasteiger partial charge in [-0.25, -0.2) is 0 Å². The smallest absolute Gasteiger partial charge is 0.215 e. The minimum Gasteiger partial charge on any atom is -0.497 e. The predicted octanol–water partition coefficient (Wildman–Crippen LogP) is 4.38. The maximum atomic E-state index is 6.34. The lowest BCUT2D eigenvalue weighted by Gasteiger charge is -2.39. The van der Waals surface area contributed by atoms with Crippen molar-refractivity contribution < 1.29 is 14.1 Å². The first-order valence-electron chi connectivity index (χ1n) is 10.5. The number of hydrogen-bond donors (Lipinski definition) is 0. The molecule has 1 aromatic rings. The summed E-state index contributed by atoms with van der Waals surface area (Å²) in [6, 6.07) is 9.90.